The van der Waals surface area contributed by atoms with E-state index < -0.39 is 0 Å². The fourth-order valence-corrected chi connectivity index (χ4v) is 3.38. The van der Waals surface area contributed by atoms with E-state index in [0.717, 1.165) is 51.0 Å². The van der Waals surface area contributed by atoms with E-state index in [1.54, 1.807) is 12.3 Å². The number of carbonyl (C=O) groups excluding carboxylic acids is 4. The molecule has 13 heteroatoms. The summed E-state index contributed by atoms with van der Waals surface area (Å²) in [6, 6.07) is 1.59. The van der Waals surface area contributed by atoms with Crippen LogP contribution in [0.4, 0.5) is 0 Å². The van der Waals surface area contributed by atoms with Gasteiger partial charge in [0.1, 0.15) is 18.6 Å². The SMILES string of the molecule is CCN(CC)CCN(C)CC=O.CC[CH-]CC(=O)CN(C)CC.Cc1cc(O)n(CC(=O)NCCOCCNC=O)c1.[Cu+2]. The molecule has 0 fully saturated rings. The van der Waals surface area contributed by atoms with Crippen LogP contribution >= 0.6 is 0 Å². The van der Waals surface area contributed by atoms with Crippen LogP contribution in [0.2, 0.25) is 0 Å². The molecule has 0 aliphatic rings. The van der Waals surface area contributed by atoms with Gasteiger partial charge >= 0.3 is 17.1 Å². The number of hydrogen-bond acceptors (Lipinski definition) is 9. The Bertz CT molecular complexity index is 838. The van der Waals surface area contributed by atoms with Crippen molar-refractivity contribution in [1.82, 2.24) is 29.9 Å². The second-order valence-electron chi connectivity index (χ2n) is 9.76. The van der Waals surface area contributed by atoms with Gasteiger partial charge < -0.3 is 46.0 Å². The molecule has 0 aromatic carbocycles. The molecule has 0 saturated carbocycles. The molecule has 2 amide bonds. The van der Waals surface area contributed by atoms with Gasteiger partial charge in [-0.25, -0.2) is 0 Å². The Kier molecular flexibility index (Phi) is 32.7. The van der Waals surface area contributed by atoms with E-state index >= 15 is 0 Å². The molecule has 253 valence electrons. The molecule has 1 aromatic heterocycles. The average molecular weight is 661 g/mol. The minimum absolute atomic E-state index is 0. The Morgan fingerprint density at radius 2 is 1.67 bits per heavy atom. The monoisotopic (exact) mass is 660 g/mol. The number of aryl methyl sites for hydroxylation is 1. The van der Waals surface area contributed by atoms with Gasteiger partial charge in [0.2, 0.25) is 12.3 Å². The first-order valence-electron chi connectivity index (χ1n) is 14.8. The quantitative estimate of drug-likeness (QED) is 0.0729. The summed E-state index contributed by atoms with van der Waals surface area (Å²) in [5.74, 6) is 0.195. The van der Waals surface area contributed by atoms with Crippen LogP contribution in [0.25, 0.3) is 0 Å². The first kappa shape index (κ1) is 45.2. The van der Waals surface area contributed by atoms with Crippen LogP contribution in [0.3, 0.4) is 0 Å². The number of nitrogens with one attached hydrogen (secondary N) is 2. The Morgan fingerprint density at radius 3 is 2.19 bits per heavy atom. The maximum Gasteiger partial charge on any atom is 2.00 e. The summed E-state index contributed by atoms with van der Waals surface area (Å²) in [5, 5.41) is 14.6. The fourth-order valence-electron chi connectivity index (χ4n) is 3.38. The van der Waals surface area contributed by atoms with E-state index in [1.807, 2.05) is 37.2 Å². The summed E-state index contributed by atoms with van der Waals surface area (Å²) in [5.41, 5.74) is 0.899. The third kappa shape index (κ3) is 28.3. The molecule has 1 heterocycles. The zero-order valence-electron chi connectivity index (χ0n) is 27.4. The first-order valence-corrected chi connectivity index (χ1v) is 14.8. The molecule has 0 spiro atoms. The maximum absolute atomic E-state index is 11.6. The zero-order chi connectivity index (χ0) is 32.2. The maximum atomic E-state index is 11.6. The standard InChI is InChI=1S/C12H19N3O4.C9H20N2O.C9H18NO.Cu/c1-10-6-12(18)15(7-10)8-11(17)14-3-5-19-4-2-13-9-16;1-4-11(5-2)7-6-10(3)8-9-12;1-4-6-7-9(11)8-10(3)5-2;/h6-7,9,18H,2-5,8H2,1H3,(H,13,16)(H,14,17);9H,4-8H2,1-3H3;6H,4-5,7-8H2,1-3H3;/q;;-1;+2. The molecule has 0 unspecified atom stereocenters. The van der Waals surface area contributed by atoms with Crippen LogP contribution in [0, 0.1) is 13.3 Å². The Morgan fingerprint density at radius 1 is 1.02 bits per heavy atom. The number of Topliss-reactive ketones (excluding diaryl/α,β-unsaturated/α-hetero) is 1. The van der Waals surface area contributed by atoms with Crippen molar-refractivity contribution in [2.24, 2.45) is 0 Å². The fraction of sp³-hybridized carbons (Fsp3) is 0.700. The van der Waals surface area contributed by atoms with E-state index in [-0.39, 0.29) is 35.4 Å². The number of hydrogen-bond donors (Lipinski definition) is 3. The smallest absolute Gasteiger partial charge is 0.494 e. The molecular formula is C30H57CuN6O6+. The molecule has 0 aliphatic heterocycles. The molecule has 0 atom stereocenters. The zero-order valence-corrected chi connectivity index (χ0v) is 28.3. The van der Waals surface area contributed by atoms with Crippen molar-refractivity contribution in [2.75, 3.05) is 86.2 Å². The predicted molar refractivity (Wildman–Crippen MR) is 167 cm³/mol. The van der Waals surface area contributed by atoms with Gasteiger partial charge in [-0.3, -0.25) is 19.4 Å². The first-order chi connectivity index (χ1) is 20.1. The minimum Gasteiger partial charge on any atom is -0.494 e. The van der Waals surface area contributed by atoms with Gasteiger partial charge in [-0.1, -0.05) is 27.7 Å². The van der Waals surface area contributed by atoms with E-state index in [2.05, 4.69) is 43.2 Å². The number of rotatable bonds is 22. The summed E-state index contributed by atoms with van der Waals surface area (Å²) < 4.78 is 6.64. The van der Waals surface area contributed by atoms with E-state index in [1.165, 1.54) is 4.57 Å². The molecule has 0 bridgehead atoms. The van der Waals surface area contributed by atoms with Crippen molar-refractivity contribution in [2.45, 2.75) is 54.0 Å². The van der Waals surface area contributed by atoms with Crippen LogP contribution in [-0.2, 0) is 47.5 Å². The number of nitrogens with zero attached hydrogens (tertiary/aromatic N) is 4. The third-order valence-electron chi connectivity index (χ3n) is 6.09. The van der Waals surface area contributed by atoms with Crippen molar-refractivity contribution in [3.05, 3.63) is 24.2 Å². The summed E-state index contributed by atoms with van der Waals surface area (Å²) in [4.78, 5) is 49.1. The Labute approximate surface area is 270 Å². The van der Waals surface area contributed by atoms with E-state index in [4.69, 9.17) is 4.74 Å². The molecule has 3 N–H and O–H groups in total. The molecule has 12 nitrogen and oxygen atoms in total. The average Bonchev–Trinajstić information content (AvgIpc) is 3.28. The van der Waals surface area contributed by atoms with Gasteiger partial charge in [-0.15, -0.1) is 6.42 Å². The third-order valence-corrected chi connectivity index (χ3v) is 6.09. The Hall–Kier alpha value is -2.28. The molecule has 1 rings (SSSR count). The summed E-state index contributed by atoms with van der Waals surface area (Å²) in [7, 11) is 3.93. The molecule has 43 heavy (non-hydrogen) atoms. The van der Waals surface area contributed by atoms with E-state index in [0.29, 0.717) is 58.0 Å². The summed E-state index contributed by atoms with van der Waals surface area (Å²) in [6.45, 7) is 18.2. The Balaban J connectivity index is -0.000000584. The normalized spacial score (nSPS) is 10.3. The number of carbonyl (C=O) groups is 4. The second-order valence-corrected chi connectivity index (χ2v) is 9.76. The van der Waals surface area contributed by atoms with Crippen molar-refractivity contribution in [3.63, 3.8) is 0 Å². The number of amides is 2. The molecule has 0 aliphatic carbocycles. The van der Waals surface area contributed by atoms with Crippen LogP contribution in [0.15, 0.2) is 12.3 Å². The minimum atomic E-state index is -0.194. The topological polar surface area (TPSA) is 136 Å². The van der Waals surface area contributed by atoms with Crippen LogP contribution in [0.1, 0.15) is 46.1 Å². The van der Waals surface area contributed by atoms with Crippen LogP contribution < -0.4 is 10.6 Å². The van der Waals surface area contributed by atoms with E-state index in [9.17, 15) is 24.3 Å². The van der Waals surface area contributed by atoms with Crippen molar-refractivity contribution >= 4 is 24.4 Å². The summed E-state index contributed by atoms with van der Waals surface area (Å²) in [6.07, 6.45) is 6.89. The largest absolute Gasteiger partial charge is 2.00 e. The van der Waals surface area contributed by atoms with Crippen molar-refractivity contribution in [1.29, 1.82) is 0 Å². The number of aromatic nitrogens is 1. The molecule has 1 radical (unpaired) electrons. The van der Waals surface area contributed by atoms with Crippen LogP contribution in [0.5, 0.6) is 5.88 Å². The second kappa shape index (κ2) is 31.2. The number of ketones is 1. The van der Waals surface area contributed by atoms with Crippen molar-refractivity contribution in [3.8, 4) is 5.88 Å². The van der Waals surface area contributed by atoms with Gasteiger partial charge in [-0.2, -0.15) is 6.42 Å². The molecular weight excluding hydrogens is 604 g/mol. The van der Waals surface area contributed by atoms with Gasteiger partial charge in [0.25, 0.3) is 0 Å². The predicted octanol–water partition coefficient (Wildman–Crippen LogP) is 1.35. The number of ether oxygens (including phenoxy) is 1. The van der Waals surface area contributed by atoms with Gasteiger partial charge in [0, 0.05) is 38.4 Å². The van der Waals surface area contributed by atoms with Crippen molar-refractivity contribution < 1.29 is 46.1 Å². The number of unbranched alkanes of at least 4 members (excludes halogenated alkanes) is 1. The number of aldehydes is 1. The molecule has 1 aromatic rings. The van der Waals surface area contributed by atoms with Crippen LogP contribution in [-0.4, -0.2) is 135 Å². The van der Waals surface area contributed by atoms with Gasteiger partial charge in [0.15, 0.2) is 5.88 Å². The van der Waals surface area contributed by atoms with Gasteiger partial charge in [0.05, 0.1) is 26.3 Å². The van der Waals surface area contributed by atoms with Gasteiger partial charge in [-0.05, 0) is 46.2 Å². The number of likely N-dealkylation sites (N-methyl/N-ethyl adjacent to an activating group) is 3. The molecule has 0 saturated heterocycles. The number of aromatic hydroxyl groups is 1. The summed E-state index contributed by atoms with van der Waals surface area (Å²) >= 11 is 0.